The lowest BCUT2D eigenvalue weighted by atomic mass is 10.1. The zero-order valence-electron chi connectivity index (χ0n) is 14.3. The van der Waals surface area contributed by atoms with Gasteiger partial charge in [0.05, 0.1) is 19.8 Å². The summed E-state index contributed by atoms with van der Waals surface area (Å²) in [5.41, 5.74) is 0.223. The Morgan fingerprint density at radius 3 is 2.84 bits per heavy atom. The standard InChI is InChI=1S/C18H24O6P/c1-3-11-22-18(19)16(25(20)21-2)12-15-9-10-17(24-15)23-13-14-7-5-4-6-8-14/h3-8,15-17H,1,9-13H2,2H3/q+1. The summed E-state index contributed by atoms with van der Waals surface area (Å²) in [5, 5.41) is 0. The first-order chi connectivity index (χ1) is 12.1. The van der Waals surface area contributed by atoms with Crippen LogP contribution in [0.2, 0.25) is 0 Å². The number of benzene rings is 1. The number of esters is 1. The molecule has 0 spiro atoms. The van der Waals surface area contributed by atoms with Gasteiger partial charge in [-0.3, -0.25) is 0 Å². The van der Waals surface area contributed by atoms with Crippen molar-refractivity contribution in [2.24, 2.45) is 0 Å². The van der Waals surface area contributed by atoms with Crippen molar-refractivity contribution in [1.82, 2.24) is 0 Å². The second kappa shape index (κ2) is 10.4. The van der Waals surface area contributed by atoms with Gasteiger partial charge < -0.3 is 14.2 Å². The van der Waals surface area contributed by atoms with Crippen molar-refractivity contribution < 1.29 is 28.1 Å². The molecule has 2 rings (SSSR count). The predicted molar refractivity (Wildman–Crippen MR) is 93.3 cm³/mol. The molecule has 1 aromatic carbocycles. The fourth-order valence-corrected chi connectivity index (χ4v) is 3.52. The van der Waals surface area contributed by atoms with Gasteiger partial charge in [0, 0.05) is 12.8 Å². The van der Waals surface area contributed by atoms with Crippen LogP contribution in [-0.4, -0.2) is 37.7 Å². The maximum absolute atomic E-state index is 12.1. The monoisotopic (exact) mass is 367 g/mol. The lowest BCUT2D eigenvalue weighted by Gasteiger charge is -2.15. The van der Waals surface area contributed by atoms with Crippen molar-refractivity contribution in [2.75, 3.05) is 13.7 Å². The first-order valence-electron chi connectivity index (χ1n) is 8.23. The van der Waals surface area contributed by atoms with Crippen molar-refractivity contribution in [1.29, 1.82) is 0 Å². The summed E-state index contributed by atoms with van der Waals surface area (Å²) in [6, 6.07) is 9.84. The lowest BCUT2D eigenvalue weighted by Crippen LogP contribution is -2.26. The maximum Gasteiger partial charge on any atom is 0.523 e. The average Bonchev–Trinajstić information content (AvgIpc) is 3.10. The first-order valence-corrected chi connectivity index (χ1v) is 9.47. The quantitative estimate of drug-likeness (QED) is 0.358. The van der Waals surface area contributed by atoms with E-state index < -0.39 is 19.7 Å². The molecule has 0 N–H and O–H groups in total. The van der Waals surface area contributed by atoms with Crippen molar-refractivity contribution in [2.45, 2.75) is 43.9 Å². The molecule has 1 saturated heterocycles. The number of rotatable bonds is 10. The van der Waals surface area contributed by atoms with Gasteiger partial charge in [-0.15, -0.1) is 4.52 Å². The normalized spacial score (nSPS) is 21.6. The molecule has 1 heterocycles. The highest BCUT2D eigenvalue weighted by molar-refractivity contribution is 7.41. The van der Waals surface area contributed by atoms with E-state index >= 15 is 0 Å². The molecule has 0 amide bonds. The van der Waals surface area contributed by atoms with Gasteiger partial charge in [0.15, 0.2) is 6.29 Å². The summed E-state index contributed by atoms with van der Waals surface area (Å²) >= 11 is 0. The van der Waals surface area contributed by atoms with Crippen LogP contribution in [-0.2, 0) is 34.7 Å². The second-order valence-corrected chi connectivity index (χ2v) is 7.26. The van der Waals surface area contributed by atoms with E-state index in [1.54, 1.807) is 0 Å². The Balaban J connectivity index is 1.83. The molecule has 0 aromatic heterocycles. The predicted octanol–water partition coefficient (Wildman–Crippen LogP) is 3.59. The molecule has 0 saturated carbocycles. The zero-order chi connectivity index (χ0) is 18.1. The number of carbonyl (C=O) groups excluding carboxylic acids is 1. The molecule has 0 aliphatic carbocycles. The minimum absolute atomic E-state index is 0.0799. The van der Waals surface area contributed by atoms with Gasteiger partial charge in [0.1, 0.15) is 6.61 Å². The molecule has 7 heteroatoms. The summed E-state index contributed by atoms with van der Waals surface area (Å²) in [6.07, 6.45) is 2.68. The van der Waals surface area contributed by atoms with Crippen molar-refractivity contribution in [3.63, 3.8) is 0 Å². The van der Waals surface area contributed by atoms with Crippen molar-refractivity contribution in [3.8, 4) is 0 Å². The van der Waals surface area contributed by atoms with E-state index in [9.17, 15) is 9.36 Å². The van der Waals surface area contributed by atoms with E-state index in [0.717, 1.165) is 18.4 Å². The molecule has 1 aliphatic rings. The van der Waals surface area contributed by atoms with Gasteiger partial charge in [-0.2, -0.15) is 0 Å². The molecule has 6 nitrogen and oxygen atoms in total. The van der Waals surface area contributed by atoms with E-state index in [0.29, 0.717) is 6.61 Å². The fourth-order valence-electron chi connectivity index (χ4n) is 2.61. The number of hydrogen-bond acceptors (Lipinski definition) is 6. The summed E-state index contributed by atoms with van der Waals surface area (Å²) < 4.78 is 33.5. The minimum Gasteiger partial charge on any atom is -0.458 e. The molecular formula is C18H24O6P+. The van der Waals surface area contributed by atoms with Gasteiger partial charge >= 0.3 is 14.0 Å². The Labute approximate surface area is 149 Å². The van der Waals surface area contributed by atoms with Crippen LogP contribution in [0.15, 0.2) is 43.0 Å². The molecule has 1 fully saturated rings. The van der Waals surface area contributed by atoms with Crippen molar-refractivity contribution in [3.05, 3.63) is 48.6 Å². The first kappa shape index (κ1) is 19.7. The summed E-state index contributed by atoms with van der Waals surface area (Å²) in [6.45, 7) is 4.04. The highest BCUT2D eigenvalue weighted by Gasteiger charge is 2.44. The van der Waals surface area contributed by atoms with Gasteiger partial charge in [-0.25, -0.2) is 4.79 Å². The van der Waals surface area contributed by atoms with Crippen LogP contribution < -0.4 is 0 Å². The number of hydrogen-bond donors (Lipinski definition) is 0. The van der Waals surface area contributed by atoms with E-state index in [2.05, 4.69) is 6.58 Å². The Morgan fingerprint density at radius 1 is 1.40 bits per heavy atom. The minimum atomic E-state index is -2.15. The molecule has 1 aliphatic heterocycles. The van der Waals surface area contributed by atoms with Crippen LogP contribution in [0.3, 0.4) is 0 Å². The average molecular weight is 367 g/mol. The van der Waals surface area contributed by atoms with Crippen LogP contribution in [0, 0.1) is 0 Å². The Hall–Kier alpha value is -1.59. The second-order valence-electron chi connectivity index (χ2n) is 5.70. The van der Waals surface area contributed by atoms with E-state index in [-0.39, 0.29) is 25.4 Å². The maximum atomic E-state index is 12.1. The SMILES string of the molecule is C=CCOC(=O)C(CC1CCC(OCc2ccccc2)O1)[P+](=O)OC. The molecule has 0 radical (unpaired) electrons. The van der Waals surface area contributed by atoms with Gasteiger partial charge in [0.25, 0.3) is 5.66 Å². The third-order valence-electron chi connectivity index (χ3n) is 3.88. The lowest BCUT2D eigenvalue weighted by molar-refractivity contribution is -0.149. The summed E-state index contributed by atoms with van der Waals surface area (Å²) in [5.74, 6) is -0.555. The van der Waals surface area contributed by atoms with Crippen LogP contribution in [0.5, 0.6) is 0 Å². The fraction of sp³-hybridized carbons (Fsp3) is 0.500. The Morgan fingerprint density at radius 2 is 2.16 bits per heavy atom. The smallest absolute Gasteiger partial charge is 0.458 e. The van der Waals surface area contributed by atoms with Gasteiger partial charge in [0.2, 0.25) is 0 Å². The molecule has 1 aromatic rings. The third kappa shape index (κ3) is 6.33. The molecular weight excluding hydrogens is 343 g/mol. The van der Waals surface area contributed by atoms with Crippen LogP contribution in [0.4, 0.5) is 0 Å². The topological polar surface area (TPSA) is 71.1 Å². The van der Waals surface area contributed by atoms with Crippen LogP contribution in [0.25, 0.3) is 0 Å². The molecule has 4 atom stereocenters. The molecule has 25 heavy (non-hydrogen) atoms. The van der Waals surface area contributed by atoms with Gasteiger partial charge in [-0.05, 0) is 16.5 Å². The van der Waals surface area contributed by atoms with Crippen LogP contribution >= 0.6 is 8.03 Å². The molecule has 4 unspecified atom stereocenters. The third-order valence-corrected chi connectivity index (χ3v) is 5.17. The zero-order valence-corrected chi connectivity index (χ0v) is 15.2. The Bertz CT molecular complexity index is 576. The molecule has 136 valence electrons. The Kier molecular flexibility index (Phi) is 8.22. The van der Waals surface area contributed by atoms with Crippen LogP contribution in [0.1, 0.15) is 24.8 Å². The van der Waals surface area contributed by atoms with E-state index in [4.69, 9.17) is 18.7 Å². The molecule has 0 bridgehead atoms. The summed E-state index contributed by atoms with van der Waals surface area (Å²) in [4.78, 5) is 12.1. The van der Waals surface area contributed by atoms with Crippen molar-refractivity contribution >= 4 is 14.0 Å². The number of carbonyl (C=O) groups is 1. The number of ether oxygens (including phenoxy) is 3. The van der Waals surface area contributed by atoms with E-state index in [1.807, 2.05) is 30.3 Å². The van der Waals surface area contributed by atoms with Gasteiger partial charge in [-0.1, -0.05) is 43.0 Å². The largest absolute Gasteiger partial charge is 0.523 e. The highest BCUT2D eigenvalue weighted by Crippen LogP contribution is 2.36. The highest BCUT2D eigenvalue weighted by atomic mass is 31.1. The van der Waals surface area contributed by atoms with E-state index in [1.165, 1.54) is 13.2 Å². The summed E-state index contributed by atoms with van der Waals surface area (Å²) in [7, 11) is -0.839.